The number of halogens is 1. The molecule has 6 nitrogen and oxygen atoms in total. The predicted molar refractivity (Wildman–Crippen MR) is 90.9 cm³/mol. The van der Waals surface area contributed by atoms with Crippen molar-refractivity contribution in [2.75, 3.05) is 0 Å². The van der Waals surface area contributed by atoms with Crippen molar-refractivity contribution < 1.29 is 17.5 Å². The van der Waals surface area contributed by atoms with Crippen LogP contribution in [0.1, 0.15) is 31.2 Å². The third kappa shape index (κ3) is 5.20. The fourth-order valence-electron chi connectivity index (χ4n) is 2.93. The number of nitrogens with zero attached hydrogens (tertiary/aromatic N) is 2. The maximum absolute atomic E-state index is 13.6. The molecule has 1 heterocycles. The molecule has 0 aliphatic heterocycles. The van der Waals surface area contributed by atoms with Crippen LogP contribution in [0.25, 0.3) is 0 Å². The zero-order chi connectivity index (χ0) is 17.7. The minimum absolute atomic E-state index is 0.00372. The van der Waals surface area contributed by atoms with Crippen molar-refractivity contribution in [1.29, 1.82) is 0 Å². The molecule has 1 N–H and O–H groups in total. The molecule has 3 rings (SSSR count). The summed E-state index contributed by atoms with van der Waals surface area (Å²) >= 11 is 0. The molecular weight excluding hydrogens is 345 g/mol. The van der Waals surface area contributed by atoms with E-state index in [0.717, 1.165) is 12.8 Å². The highest BCUT2D eigenvalue weighted by atomic mass is 32.2. The molecular formula is C17H20FN3O3S. The Labute approximate surface area is 146 Å². The van der Waals surface area contributed by atoms with Gasteiger partial charge >= 0.3 is 0 Å². The summed E-state index contributed by atoms with van der Waals surface area (Å²) in [5.41, 5.74) is 0.176. The molecule has 0 unspecified atom stereocenters. The van der Waals surface area contributed by atoms with Crippen LogP contribution in [0.2, 0.25) is 0 Å². The second-order valence-electron chi connectivity index (χ2n) is 6.10. The number of nitrogens with one attached hydrogen (secondary N) is 1. The molecule has 1 aromatic heterocycles. The first-order valence-corrected chi connectivity index (χ1v) is 9.83. The second-order valence-corrected chi connectivity index (χ2v) is 7.86. The lowest BCUT2D eigenvalue weighted by Gasteiger charge is -2.28. The Bertz CT molecular complexity index is 794. The number of sulfonamides is 1. The van der Waals surface area contributed by atoms with E-state index in [9.17, 15) is 12.8 Å². The lowest BCUT2D eigenvalue weighted by atomic mass is 9.94. The van der Waals surface area contributed by atoms with E-state index >= 15 is 0 Å². The first-order chi connectivity index (χ1) is 12.0. The molecule has 0 spiro atoms. The van der Waals surface area contributed by atoms with Crippen molar-refractivity contribution in [3.8, 4) is 5.88 Å². The van der Waals surface area contributed by atoms with E-state index in [4.69, 9.17) is 4.74 Å². The van der Waals surface area contributed by atoms with Crippen molar-refractivity contribution >= 4 is 10.0 Å². The van der Waals surface area contributed by atoms with Crippen molar-refractivity contribution in [1.82, 2.24) is 14.7 Å². The summed E-state index contributed by atoms with van der Waals surface area (Å²) in [6.07, 6.45) is 7.49. The van der Waals surface area contributed by atoms with E-state index in [1.54, 1.807) is 24.7 Å². The summed E-state index contributed by atoms with van der Waals surface area (Å²) in [4.78, 5) is 8.03. The van der Waals surface area contributed by atoms with Crippen LogP contribution in [0.3, 0.4) is 0 Å². The molecule has 1 aliphatic carbocycles. The van der Waals surface area contributed by atoms with Gasteiger partial charge in [-0.3, -0.25) is 4.98 Å². The van der Waals surface area contributed by atoms with Crippen LogP contribution in [0.15, 0.2) is 42.9 Å². The van der Waals surface area contributed by atoms with Gasteiger partial charge in [-0.15, -0.1) is 0 Å². The Balaban J connectivity index is 1.50. The van der Waals surface area contributed by atoms with Gasteiger partial charge in [-0.25, -0.2) is 22.5 Å². The quantitative estimate of drug-likeness (QED) is 0.850. The van der Waals surface area contributed by atoms with Gasteiger partial charge in [-0.1, -0.05) is 18.2 Å². The molecule has 134 valence electrons. The minimum atomic E-state index is -3.59. The zero-order valence-electron chi connectivity index (χ0n) is 13.6. The molecule has 0 saturated heterocycles. The lowest BCUT2D eigenvalue weighted by molar-refractivity contribution is 0.138. The number of ether oxygens (including phenoxy) is 1. The normalized spacial score (nSPS) is 21.0. The molecule has 0 bridgehead atoms. The van der Waals surface area contributed by atoms with Gasteiger partial charge in [-0.05, 0) is 31.7 Å². The van der Waals surface area contributed by atoms with Gasteiger partial charge in [0.05, 0.1) is 11.9 Å². The summed E-state index contributed by atoms with van der Waals surface area (Å²) in [5, 5.41) is 0. The average Bonchev–Trinajstić information content (AvgIpc) is 2.59. The standard InChI is InChI=1S/C17H20FN3O3S/c18-16-4-2-1-3-13(16)12-25(22,23)21-14-5-7-15(8-6-14)24-17-11-19-9-10-20-17/h1-4,9-11,14-15,21H,5-8,12H2. The highest BCUT2D eigenvalue weighted by Gasteiger charge is 2.26. The van der Waals surface area contributed by atoms with Crippen LogP contribution in [0, 0.1) is 5.82 Å². The fraction of sp³-hybridized carbons (Fsp3) is 0.412. The van der Waals surface area contributed by atoms with Crippen LogP contribution < -0.4 is 9.46 Å². The largest absolute Gasteiger partial charge is 0.473 e. The summed E-state index contributed by atoms with van der Waals surface area (Å²) in [6.45, 7) is 0. The van der Waals surface area contributed by atoms with E-state index in [1.807, 2.05) is 0 Å². The average molecular weight is 365 g/mol. The molecule has 0 atom stereocenters. The van der Waals surface area contributed by atoms with Gasteiger partial charge in [0, 0.05) is 24.0 Å². The highest BCUT2D eigenvalue weighted by molar-refractivity contribution is 7.88. The van der Waals surface area contributed by atoms with E-state index in [2.05, 4.69) is 14.7 Å². The van der Waals surface area contributed by atoms with E-state index in [-0.39, 0.29) is 23.5 Å². The molecule has 1 saturated carbocycles. The monoisotopic (exact) mass is 365 g/mol. The number of benzene rings is 1. The Hall–Kier alpha value is -2.06. The number of rotatable bonds is 6. The van der Waals surface area contributed by atoms with Crippen LogP contribution in [0.5, 0.6) is 5.88 Å². The molecule has 1 fully saturated rings. The second kappa shape index (κ2) is 7.88. The van der Waals surface area contributed by atoms with Crippen molar-refractivity contribution in [3.63, 3.8) is 0 Å². The number of hydrogen-bond donors (Lipinski definition) is 1. The summed E-state index contributed by atoms with van der Waals surface area (Å²) < 4.78 is 46.6. The maximum atomic E-state index is 13.6. The van der Waals surface area contributed by atoms with Crippen LogP contribution in [-0.4, -0.2) is 30.5 Å². The zero-order valence-corrected chi connectivity index (χ0v) is 14.5. The van der Waals surface area contributed by atoms with E-state index < -0.39 is 15.8 Å². The van der Waals surface area contributed by atoms with Gasteiger partial charge in [-0.2, -0.15) is 0 Å². The van der Waals surface area contributed by atoms with Crippen molar-refractivity contribution in [3.05, 3.63) is 54.2 Å². The third-order valence-electron chi connectivity index (χ3n) is 4.15. The summed E-state index contributed by atoms with van der Waals surface area (Å²) in [6, 6.07) is 5.76. The van der Waals surface area contributed by atoms with Gasteiger partial charge in [0.15, 0.2) is 0 Å². The molecule has 8 heteroatoms. The highest BCUT2D eigenvalue weighted by Crippen LogP contribution is 2.23. The van der Waals surface area contributed by atoms with Gasteiger partial charge in [0.2, 0.25) is 15.9 Å². The van der Waals surface area contributed by atoms with Gasteiger partial charge in [0.25, 0.3) is 0 Å². The molecule has 2 aromatic rings. The molecule has 0 amide bonds. The summed E-state index contributed by atoms with van der Waals surface area (Å²) in [5.74, 6) is -0.379. The first-order valence-electron chi connectivity index (χ1n) is 8.18. The number of aromatic nitrogens is 2. The predicted octanol–water partition coefficient (Wildman–Crippen LogP) is 2.43. The fourth-order valence-corrected chi connectivity index (χ4v) is 4.40. The topological polar surface area (TPSA) is 81.2 Å². The lowest BCUT2D eigenvalue weighted by Crippen LogP contribution is -2.40. The van der Waals surface area contributed by atoms with Crippen LogP contribution in [0.4, 0.5) is 4.39 Å². The maximum Gasteiger partial charge on any atom is 0.232 e. The third-order valence-corrected chi connectivity index (χ3v) is 5.53. The first kappa shape index (κ1) is 17.8. The van der Waals surface area contributed by atoms with Crippen LogP contribution in [-0.2, 0) is 15.8 Å². The van der Waals surface area contributed by atoms with E-state index in [1.165, 1.54) is 18.2 Å². The van der Waals surface area contributed by atoms with Crippen molar-refractivity contribution in [2.45, 2.75) is 43.6 Å². The molecule has 1 aromatic carbocycles. The van der Waals surface area contributed by atoms with Gasteiger partial charge in [0.1, 0.15) is 11.9 Å². The van der Waals surface area contributed by atoms with E-state index in [0.29, 0.717) is 18.7 Å². The minimum Gasteiger partial charge on any atom is -0.473 e. The summed E-state index contributed by atoms with van der Waals surface area (Å²) in [7, 11) is -3.59. The molecule has 25 heavy (non-hydrogen) atoms. The molecule has 0 radical (unpaired) electrons. The Morgan fingerprint density at radius 2 is 1.92 bits per heavy atom. The smallest absolute Gasteiger partial charge is 0.232 e. The Morgan fingerprint density at radius 3 is 2.60 bits per heavy atom. The van der Waals surface area contributed by atoms with Crippen LogP contribution >= 0.6 is 0 Å². The Kier molecular flexibility index (Phi) is 5.60. The van der Waals surface area contributed by atoms with Crippen molar-refractivity contribution in [2.24, 2.45) is 0 Å². The van der Waals surface area contributed by atoms with Gasteiger partial charge < -0.3 is 4.74 Å². The Morgan fingerprint density at radius 1 is 1.16 bits per heavy atom. The number of hydrogen-bond acceptors (Lipinski definition) is 5. The SMILES string of the molecule is O=S(=O)(Cc1ccccc1F)NC1CCC(Oc2cnccn2)CC1. The molecule has 1 aliphatic rings.